The molecule has 35 heavy (non-hydrogen) atoms. The summed E-state index contributed by atoms with van der Waals surface area (Å²) in [5, 5.41) is 9.24. The summed E-state index contributed by atoms with van der Waals surface area (Å²) >= 11 is 1.29. The molecule has 0 saturated heterocycles. The van der Waals surface area contributed by atoms with E-state index in [-0.39, 0.29) is 18.2 Å². The largest absolute Gasteiger partial charge is 0.461 e. The van der Waals surface area contributed by atoms with E-state index >= 15 is 0 Å². The van der Waals surface area contributed by atoms with Crippen molar-refractivity contribution in [2.75, 3.05) is 39.5 Å². The van der Waals surface area contributed by atoms with Gasteiger partial charge < -0.3 is 19.0 Å². The average Bonchev–Trinajstić information content (AvgIpc) is 3.44. The van der Waals surface area contributed by atoms with Crippen LogP contribution in [-0.2, 0) is 20.9 Å². The number of rotatable bonds is 11. The number of likely N-dealkylation sites (N-methyl/N-ethyl adjacent to an activating group) is 1. The zero-order valence-corrected chi connectivity index (χ0v) is 21.7. The number of ether oxygens (including phenoxy) is 1. The summed E-state index contributed by atoms with van der Waals surface area (Å²) in [6, 6.07) is 13.6. The van der Waals surface area contributed by atoms with Crippen molar-refractivity contribution in [1.82, 2.24) is 24.6 Å². The Hall–Kier alpha value is -3.11. The molecule has 0 aliphatic heterocycles. The molecule has 2 aromatic heterocycles. The number of thioether (sulfide) groups is 1. The van der Waals surface area contributed by atoms with Crippen LogP contribution in [0.15, 0.2) is 58.3 Å². The van der Waals surface area contributed by atoms with E-state index in [1.165, 1.54) is 16.7 Å². The third-order valence-electron chi connectivity index (χ3n) is 4.88. The molecule has 0 N–H and O–H groups in total. The molecule has 0 bridgehead atoms. The van der Waals surface area contributed by atoms with Gasteiger partial charge in [0.05, 0.1) is 18.6 Å². The van der Waals surface area contributed by atoms with Crippen LogP contribution >= 0.6 is 11.8 Å². The van der Waals surface area contributed by atoms with Gasteiger partial charge in [0.1, 0.15) is 12.1 Å². The summed E-state index contributed by atoms with van der Waals surface area (Å²) < 4.78 is 12.9. The summed E-state index contributed by atoms with van der Waals surface area (Å²) in [6.45, 7) is 6.90. The summed E-state index contributed by atoms with van der Waals surface area (Å²) in [4.78, 5) is 29.1. The van der Waals surface area contributed by atoms with Crippen LogP contribution in [0.25, 0.3) is 11.6 Å². The van der Waals surface area contributed by atoms with Crippen molar-refractivity contribution in [2.45, 2.75) is 38.1 Å². The fraction of sp³-hybridized carbons (Fsp3) is 0.440. The van der Waals surface area contributed by atoms with E-state index in [4.69, 9.17) is 9.15 Å². The van der Waals surface area contributed by atoms with Gasteiger partial charge in [0, 0.05) is 13.1 Å². The molecule has 3 aromatic rings. The molecule has 188 valence electrons. The van der Waals surface area contributed by atoms with Crippen molar-refractivity contribution in [1.29, 1.82) is 0 Å². The predicted octanol–water partition coefficient (Wildman–Crippen LogP) is 3.41. The fourth-order valence-electron chi connectivity index (χ4n) is 3.25. The second kappa shape index (κ2) is 12.0. The highest BCUT2D eigenvalue weighted by Crippen LogP contribution is 2.26. The zero-order chi connectivity index (χ0) is 25.4. The lowest BCUT2D eigenvalue weighted by atomic mass is 10.2. The number of hydrogen-bond acceptors (Lipinski definition) is 8. The van der Waals surface area contributed by atoms with Crippen molar-refractivity contribution < 1.29 is 18.7 Å². The van der Waals surface area contributed by atoms with Gasteiger partial charge in [-0.15, -0.1) is 10.2 Å². The predicted molar refractivity (Wildman–Crippen MR) is 135 cm³/mol. The molecule has 1 amide bonds. The number of furan rings is 1. The molecule has 9 nitrogen and oxygen atoms in total. The zero-order valence-electron chi connectivity index (χ0n) is 20.9. The van der Waals surface area contributed by atoms with Gasteiger partial charge in [-0.2, -0.15) is 0 Å². The monoisotopic (exact) mass is 499 g/mol. The van der Waals surface area contributed by atoms with E-state index < -0.39 is 11.6 Å². The SMILES string of the molecule is CN(C)CCN(CC(=O)OC(C)(C)C)C(=O)CSc1nnc(-c2ccco2)n1Cc1ccccc1. The molecule has 0 aliphatic carbocycles. The molecule has 1 aromatic carbocycles. The maximum atomic E-state index is 13.1. The summed E-state index contributed by atoms with van der Waals surface area (Å²) in [5.41, 5.74) is 0.462. The van der Waals surface area contributed by atoms with Crippen LogP contribution in [-0.4, -0.2) is 81.5 Å². The fourth-order valence-corrected chi connectivity index (χ4v) is 4.09. The highest BCUT2D eigenvalue weighted by Gasteiger charge is 2.24. The molecule has 0 spiro atoms. The first-order valence-electron chi connectivity index (χ1n) is 11.4. The lowest BCUT2D eigenvalue weighted by molar-refractivity contribution is -0.158. The molecule has 0 radical (unpaired) electrons. The third-order valence-corrected chi connectivity index (χ3v) is 5.83. The Morgan fingerprint density at radius 3 is 2.43 bits per heavy atom. The van der Waals surface area contributed by atoms with Crippen molar-refractivity contribution in [3.8, 4) is 11.6 Å². The molecule has 0 atom stereocenters. The number of carbonyl (C=O) groups excluding carboxylic acids is 2. The van der Waals surface area contributed by atoms with Gasteiger partial charge in [0.25, 0.3) is 0 Å². The van der Waals surface area contributed by atoms with Crippen molar-refractivity contribution >= 4 is 23.6 Å². The number of hydrogen-bond donors (Lipinski definition) is 0. The normalized spacial score (nSPS) is 11.6. The molecule has 2 heterocycles. The average molecular weight is 500 g/mol. The molecular formula is C25H33N5O4S. The van der Waals surface area contributed by atoms with Crippen molar-refractivity contribution in [3.05, 3.63) is 54.3 Å². The van der Waals surface area contributed by atoms with Crippen LogP contribution < -0.4 is 0 Å². The Morgan fingerprint density at radius 1 is 1.06 bits per heavy atom. The number of carbonyl (C=O) groups is 2. The van der Waals surface area contributed by atoms with Crippen LogP contribution in [0, 0.1) is 0 Å². The number of amides is 1. The van der Waals surface area contributed by atoms with Crippen LogP contribution in [0.4, 0.5) is 0 Å². The van der Waals surface area contributed by atoms with E-state index in [9.17, 15) is 9.59 Å². The Labute approximate surface area is 210 Å². The minimum absolute atomic E-state index is 0.0984. The van der Waals surface area contributed by atoms with Gasteiger partial charge in [-0.3, -0.25) is 14.2 Å². The molecule has 0 saturated carbocycles. The topological polar surface area (TPSA) is 93.7 Å². The van der Waals surface area contributed by atoms with E-state index in [0.29, 0.717) is 36.4 Å². The molecule has 0 fully saturated rings. The Morgan fingerprint density at radius 2 is 1.80 bits per heavy atom. The summed E-state index contributed by atoms with van der Waals surface area (Å²) in [7, 11) is 3.85. The molecule has 3 rings (SSSR count). The molecule has 0 unspecified atom stereocenters. The van der Waals surface area contributed by atoms with Gasteiger partial charge >= 0.3 is 5.97 Å². The second-order valence-corrected chi connectivity index (χ2v) is 10.3. The van der Waals surface area contributed by atoms with Crippen LogP contribution in [0.3, 0.4) is 0 Å². The highest BCUT2D eigenvalue weighted by atomic mass is 32.2. The Balaban J connectivity index is 1.75. The smallest absolute Gasteiger partial charge is 0.326 e. The second-order valence-electron chi connectivity index (χ2n) is 9.35. The first kappa shape index (κ1) is 26.5. The first-order valence-corrected chi connectivity index (χ1v) is 12.4. The molecule has 0 aliphatic rings. The summed E-state index contributed by atoms with van der Waals surface area (Å²) in [5.74, 6) is 0.705. The van der Waals surface area contributed by atoms with E-state index in [0.717, 1.165) is 5.56 Å². The standard InChI is InChI=1S/C25H33N5O4S/c1-25(2,3)34-22(32)17-29(14-13-28(4)5)21(31)18-35-24-27-26-23(20-12-9-15-33-20)30(24)16-19-10-7-6-8-11-19/h6-12,15H,13-14,16-18H2,1-5H3. The van der Waals surface area contributed by atoms with Crippen LogP contribution in [0.1, 0.15) is 26.3 Å². The number of benzene rings is 1. The minimum Gasteiger partial charge on any atom is -0.461 e. The highest BCUT2D eigenvalue weighted by molar-refractivity contribution is 7.99. The lowest BCUT2D eigenvalue weighted by Crippen LogP contribution is -2.42. The number of nitrogens with zero attached hydrogens (tertiary/aromatic N) is 5. The first-order chi connectivity index (χ1) is 16.6. The Bertz CT molecular complexity index is 1090. The van der Waals surface area contributed by atoms with E-state index in [1.54, 1.807) is 12.3 Å². The third kappa shape index (κ3) is 8.25. The van der Waals surface area contributed by atoms with E-state index in [1.807, 2.05) is 80.7 Å². The quantitative estimate of drug-likeness (QED) is 0.293. The van der Waals surface area contributed by atoms with Gasteiger partial charge in [0.2, 0.25) is 11.7 Å². The van der Waals surface area contributed by atoms with Crippen LogP contribution in [0.5, 0.6) is 0 Å². The maximum Gasteiger partial charge on any atom is 0.326 e. The number of aromatic nitrogens is 3. The Kier molecular flexibility index (Phi) is 9.11. The van der Waals surface area contributed by atoms with Gasteiger partial charge in [-0.25, -0.2) is 0 Å². The lowest BCUT2D eigenvalue weighted by Gasteiger charge is -2.26. The van der Waals surface area contributed by atoms with Gasteiger partial charge in [-0.1, -0.05) is 42.1 Å². The van der Waals surface area contributed by atoms with Crippen molar-refractivity contribution in [3.63, 3.8) is 0 Å². The molecular weight excluding hydrogens is 466 g/mol. The van der Waals surface area contributed by atoms with Crippen LogP contribution in [0.2, 0.25) is 0 Å². The van der Waals surface area contributed by atoms with Gasteiger partial charge in [-0.05, 0) is 52.6 Å². The maximum absolute atomic E-state index is 13.1. The van der Waals surface area contributed by atoms with Crippen molar-refractivity contribution in [2.24, 2.45) is 0 Å². The minimum atomic E-state index is -0.613. The van der Waals surface area contributed by atoms with Gasteiger partial charge in [0.15, 0.2) is 10.9 Å². The van der Waals surface area contributed by atoms with E-state index in [2.05, 4.69) is 10.2 Å². The molecule has 10 heteroatoms. The summed E-state index contributed by atoms with van der Waals surface area (Å²) in [6.07, 6.45) is 1.59. The number of esters is 1.